The molecule has 1 atom stereocenters. The Hall–Kier alpha value is -2.87. The molecule has 35 heavy (non-hydrogen) atoms. The number of benzene rings is 1. The predicted molar refractivity (Wildman–Crippen MR) is 141 cm³/mol. The maximum atomic E-state index is 10.5. The number of aliphatic hydroxyl groups is 1. The molecule has 0 spiro atoms. The van der Waals surface area contributed by atoms with Crippen LogP contribution in [0.3, 0.4) is 0 Å². The smallest absolute Gasteiger partial charge is 0.150 e. The second-order valence-corrected chi connectivity index (χ2v) is 9.39. The molecule has 0 aliphatic carbocycles. The van der Waals surface area contributed by atoms with Gasteiger partial charge < -0.3 is 19.7 Å². The Morgan fingerprint density at radius 3 is 2.74 bits per heavy atom. The summed E-state index contributed by atoms with van der Waals surface area (Å²) in [5.41, 5.74) is 6.51. The van der Waals surface area contributed by atoms with Crippen molar-refractivity contribution in [1.82, 2.24) is 19.9 Å². The molecular formula is C27H34ClN5O2. The van der Waals surface area contributed by atoms with Crippen molar-refractivity contribution in [1.29, 1.82) is 0 Å². The van der Waals surface area contributed by atoms with Crippen LogP contribution in [0.4, 0.5) is 0 Å². The van der Waals surface area contributed by atoms with Crippen LogP contribution < -0.4 is 0 Å². The van der Waals surface area contributed by atoms with E-state index in [4.69, 9.17) is 21.4 Å². The molecule has 0 radical (unpaired) electrons. The molecular weight excluding hydrogens is 462 g/mol. The third-order valence-corrected chi connectivity index (χ3v) is 7.32. The molecule has 0 bridgehead atoms. The van der Waals surface area contributed by atoms with Crippen LogP contribution in [0.1, 0.15) is 37.1 Å². The van der Waals surface area contributed by atoms with Crippen LogP contribution in [0.2, 0.25) is 5.02 Å². The minimum Gasteiger partial charge on any atom is -0.392 e. The fourth-order valence-electron chi connectivity index (χ4n) is 4.45. The molecule has 0 saturated carbocycles. The van der Waals surface area contributed by atoms with Gasteiger partial charge in [0.05, 0.1) is 43.7 Å². The predicted octanol–water partition coefficient (Wildman–Crippen LogP) is 4.77. The van der Waals surface area contributed by atoms with E-state index in [1.54, 1.807) is 12.5 Å². The van der Waals surface area contributed by atoms with Crippen LogP contribution in [0, 0.1) is 12.8 Å². The van der Waals surface area contributed by atoms with Crippen molar-refractivity contribution in [3.8, 4) is 0 Å². The number of aliphatic hydroxyl groups excluding tert-OH is 1. The summed E-state index contributed by atoms with van der Waals surface area (Å²) < 4.78 is 5.57. The number of imidazole rings is 1. The van der Waals surface area contributed by atoms with E-state index < -0.39 is 0 Å². The lowest BCUT2D eigenvalue weighted by atomic mass is 9.92. The number of H-pyrrole nitrogens is 1. The Kier molecular flexibility index (Phi) is 8.11. The molecule has 2 aliphatic heterocycles. The number of halogens is 1. The fraction of sp³-hybridized carbons (Fsp3) is 0.407. The molecule has 1 aromatic carbocycles. The third kappa shape index (κ3) is 5.37. The number of hydrogen-bond donors (Lipinski definition) is 2. The summed E-state index contributed by atoms with van der Waals surface area (Å²) in [4.78, 5) is 9.67. The van der Waals surface area contributed by atoms with Crippen LogP contribution in [0.15, 0.2) is 65.4 Å². The highest BCUT2D eigenvalue weighted by Gasteiger charge is 2.29. The molecule has 2 aliphatic rings. The quantitative estimate of drug-likeness (QED) is 0.578. The van der Waals surface area contributed by atoms with Gasteiger partial charge in [-0.25, -0.2) is 9.99 Å². The summed E-state index contributed by atoms with van der Waals surface area (Å²) in [7, 11) is 0. The van der Waals surface area contributed by atoms with Crippen molar-refractivity contribution in [3.05, 3.63) is 82.2 Å². The standard InChI is InChI=1S/C27H34ClN5O2/c1-5-18(2)23(16-34)26(13-21-7-6-8-24(28)19(21)3)33-20(4)22(25-15-29-17-30-25)14-27(31-33)32-9-11-35-12-10-32/h6-8,14-15,17-18,34H,4-5,9-13,16H2,1-3H3,(H,29,30)/b26-23-/t18-/m1/s1. The summed E-state index contributed by atoms with van der Waals surface area (Å²) in [6.45, 7) is 13.5. The van der Waals surface area contributed by atoms with Crippen molar-refractivity contribution >= 4 is 23.0 Å². The van der Waals surface area contributed by atoms with Gasteiger partial charge in [0.2, 0.25) is 0 Å². The third-order valence-electron chi connectivity index (χ3n) is 6.91. The van der Waals surface area contributed by atoms with Gasteiger partial charge in [0.15, 0.2) is 0 Å². The molecule has 4 rings (SSSR count). The second kappa shape index (κ2) is 11.2. The summed E-state index contributed by atoms with van der Waals surface area (Å²) in [6, 6.07) is 5.95. The number of hydrazone groups is 1. The van der Waals surface area contributed by atoms with Crippen LogP contribution in [-0.4, -0.2) is 63.7 Å². The van der Waals surface area contributed by atoms with Gasteiger partial charge in [-0.2, -0.15) is 5.10 Å². The van der Waals surface area contributed by atoms with Gasteiger partial charge in [-0.3, -0.25) is 0 Å². The number of allylic oxidation sites excluding steroid dienone is 2. The fourth-order valence-corrected chi connectivity index (χ4v) is 4.65. The van der Waals surface area contributed by atoms with E-state index in [9.17, 15) is 5.11 Å². The number of aromatic amines is 1. The van der Waals surface area contributed by atoms with Crippen LogP contribution >= 0.6 is 11.6 Å². The number of morpholine rings is 1. The van der Waals surface area contributed by atoms with Crippen LogP contribution in [0.5, 0.6) is 0 Å². The molecule has 3 heterocycles. The number of ether oxygens (including phenoxy) is 1. The molecule has 1 aromatic heterocycles. The SMILES string of the molecule is C=C1C(c2cnc[nH]2)=CC(N2CCOCC2)=NN1/C(Cc1cccc(Cl)c1C)=C(/CO)[C@H](C)CC. The Morgan fingerprint density at radius 1 is 1.31 bits per heavy atom. The molecule has 1 fully saturated rings. The van der Waals surface area contributed by atoms with E-state index in [0.717, 1.165) is 69.7 Å². The zero-order valence-electron chi connectivity index (χ0n) is 20.7. The van der Waals surface area contributed by atoms with Gasteiger partial charge in [-0.05, 0) is 48.1 Å². The average molecular weight is 496 g/mol. The Bertz CT molecular complexity index is 1150. The minimum absolute atomic E-state index is 0.0563. The van der Waals surface area contributed by atoms with Crippen molar-refractivity contribution in [2.24, 2.45) is 11.0 Å². The molecule has 7 nitrogen and oxygen atoms in total. The van der Waals surface area contributed by atoms with Gasteiger partial charge in [0.25, 0.3) is 0 Å². The lowest BCUT2D eigenvalue weighted by molar-refractivity contribution is 0.0677. The van der Waals surface area contributed by atoms with Gasteiger partial charge in [-0.1, -0.05) is 44.2 Å². The topological polar surface area (TPSA) is 77.0 Å². The van der Waals surface area contributed by atoms with Crippen LogP contribution in [0.25, 0.3) is 5.57 Å². The zero-order valence-corrected chi connectivity index (χ0v) is 21.5. The molecule has 0 unspecified atom stereocenters. The number of aromatic nitrogens is 2. The van der Waals surface area contributed by atoms with E-state index >= 15 is 0 Å². The molecule has 2 N–H and O–H groups in total. The van der Waals surface area contributed by atoms with Crippen LogP contribution in [-0.2, 0) is 11.2 Å². The molecule has 186 valence electrons. The maximum absolute atomic E-state index is 10.5. The highest BCUT2D eigenvalue weighted by molar-refractivity contribution is 6.31. The summed E-state index contributed by atoms with van der Waals surface area (Å²) in [5, 5.41) is 18.3. The van der Waals surface area contributed by atoms with Crippen molar-refractivity contribution in [3.63, 3.8) is 0 Å². The molecule has 1 saturated heterocycles. The summed E-state index contributed by atoms with van der Waals surface area (Å²) in [6.07, 6.45) is 6.99. The van der Waals surface area contributed by atoms with Gasteiger partial charge in [-0.15, -0.1) is 0 Å². The maximum Gasteiger partial charge on any atom is 0.150 e. The molecule has 0 amide bonds. The highest BCUT2D eigenvalue weighted by Crippen LogP contribution is 2.35. The average Bonchev–Trinajstić information content (AvgIpc) is 3.42. The van der Waals surface area contributed by atoms with E-state index in [2.05, 4.69) is 47.4 Å². The second-order valence-electron chi connectivity index (χ2n) is 8.98. The lowest BCUT2D eigenvalue weighted by Crippen LogP contribution is -2.42. The first-order valence-corrected chi connectivity index (χ1v) is 12.5. The van der Waals surface area contributed by atoms with E-state index in [-0.39, 0.29) is 12.5 Å². The number of nitrogens with zero attached hydrogens (tertiary/aromatic N) is 4. The van der Waals surface area contributed by atoms with Gasteiger partial charge >= 0.3 is 0 Å². The Morgan fingerprint density at radius 2 is 2.09 bits per heavy atom. The monoisotopic (exact) mass is 495 g/mol. The first-order chi connectivity index (χ1) is 16.9. The first kappa shape index (κ1) is 25.2. The minimum atomic E-state index is -0.0563. The summed E-state index contributed by atoms with van der Waals surface area (Å²) >= 11 is 6.47. The zero-order chi connectivity index (χ0) is 24.9. The number of nitrogens with one attached hydrogen (secondary N) is 1. The highest BCUT2D eigenvalue weighted by atomic mass is 35.5. The molecule has 2 aromatic rings. The van der Waals surface area contributed by atoms with Crippen molar-refractivity contribution in [2.75, 3.05) is 32.9 Å². The van der Waals surface area contributed by atoms with Crippen molar-refractivity contribution in [2.45, 2.75) is 33.6 Å². The van der Waals surface area contributed by atoms with Gasteiger partial charge in [0, 0.05) is 35.8 Å². The van der Waals surface area contributed by atoms with Crippen molar-refractivity contribution < 1.29 is 9.84 Å². The largest absolute Gasteiger partial charge is 0.392 e. The lowest BCUT2D eigenvalue weighted by Gasteiger charge is -2.36. The number of amidine groups is 1. The van der Waals surface area contributed by atoms with Gasteiger partial charge in [0.1, 0.15) is 5.84 Å². The molecule has 8 heteroatoms. The number of rotatable bonds is 7. The Labute approximate surface area is 212 Å². The normalized spacial score (nSPS) is 18.3. The summed E-state index contributed by atoms with van der Waals surface area (Å²) in [5.74, 6) is 1.01. The Balaban J connectivity index is 1.86. The van der Waals surface area contributed by atoms with E-state index in [0.29, 0.717) is 19.6 Å². The van der Waals surface area contributed by atoms with E-state index in [1.807, 2.05) is 24.1 Å². The first-order valence-electron chi connectivity index (χ1n) is 12.1. The number of hydrogen-bond acceptors (Lipinski definition) is 6. The van der Waals surface area contributed by atoms with E-state index in [1.165, 1.54) is 0 Å².